The smallest absolute Gasteiger partial charge is 0.283 e. The molecule has 0 aliphatic carbocycles. The summed E-state index contributed by atoms with van der Waals surface area (Å²) in [4.78, 5) is 0. The Morgan fingerprint density at radius 2 is 2.11 bits per heavy atom. The number of nitrogens with zero attached hydrogens (tertiary/aromatic N) is 2. The largest absolute Gasteiger partial charge is 0.440 e. The summed E-state index contributed by atoms with van der Waals surface area (Å²) in [6, 6.07) is 3.85. The number of hydrogen-bond donors (Lipinski definition) is 1. The van der Waals surface area contributed by atoms with E-state index >= 15 is 0 Å². The number of nitrogens with one attached hydrogen (secondary N) is 1. The quantitative estimate of drug-likeness (QED) is 0.817. The summed E-state index contributed by atoms with van der Waals surface area (Å²) in [5.74, 6) is 1.48. The van der Waals surface area contributed by atoms with Crippen LogP contribution in [0, 0.1) is 0 Å². The predicted octanol–water partition coefficient (Wildman–Crippen LogP) is 2.91. The summed E-state index contributed by atoms with van der Waals surface area (Å²) in [6.07, 6.45) is 1.71. The number of halogens is 1. The first-order chi connectivity index (χ1) is 8.65. The number of rotatable bonds is 6. The van der Waals surface area contributed by atoms with Gasteiger partial charge in [0.2, 0.25) is 5.89 Å². The highest BCUT2D eigenvalue weighted by Gasteiger charge is 2.11. The Labute approximate surface area is 111 Å². The first-order valence-electron chi connectivity index (χ1n) is 5.96. The van der Waals surface area contributed by atoms with Crippen LogP contribution >= 0.6 is 11.6 Å². The Bertz CT molecular complexity index is 493. The second-order valence-electron chi connectivity index (χ2n) is 4.32. The zero-order valence-corrected chi connectivity index (χ0v) is 11.2. The summed E-state index contributed by atoms with van der Waals surface area (Å²) in [7, 11) is 0. The van der Waals surface area contributed by atoms with Crippen LogP contribution in [0.25, 0.3) is 11.7 Å². The van der Waals surface area contributed by atoms with Crippen molar-refractivity contribution in [2.45, 2.75) is 32.7 Å². The van der Waals surface area contributed by atoms with Crippen molar-refractivity contribution in [2.24, 2.45) is 0 Å². The molecule has 18 heavy (non-hydrogen) atoms. The van der Waals surface area contributed by atoms with Crippen LogP contribution in [0.4, 0.5) is 0 Å². The zero-order valence-electron chi connectivity index (χ0n) is 10.4. The van der Waals surface area contributed by atoms with Crippen molar-refractivity contribution in [2.75, 3.05) is 6.54 Å². The molecule has 0 unspecified atom stereocenters. The van der Waals surface area contributed by atoms with Crippen LogP contribution in [0.15, 0.2) is 21.0 Å². The second kappa shape index (κ2) is 6.02. The van der Waals surface area contributed by atoms with Gasteiger partial charge in [-0.2, -0.15) is 0 Å². The van der Waals surface area contributed by atoms with Gasteiger partial charge in [-0.05, 0) is 36.7 Å². The predicted molar refractivity (Wildman–Crippen MR) is 68.5 cm³/mol. The first-order valence-corrected chi connectivity index (χ1v) is 6.34. The Morgan fingerprint density at radius 3 is 2.78 bits per heavy atom. The molecule has 2 aromatic heterocycles. The van der Waals surface area contributed by atoms with Gasteiger partial charge in [0, 0.05) is 12.5 Å². The maximum atomic E-state index is 5.68. The van der Waals surface area contributed by atoms with E-state index in [-0.39, 0.29) is 0 Å². The normalized spacial score (nSPS) is 11.3. The molecule has 2 heterocycles. The van der Waals surface area contributed by atoms with Crippen LogP contribution < -0.4 is 5.32 Å². The molecule has 0 amide bonds. The minimum atomic E-state index is 0.311. The fourth-order valence-corrected chi connectivity index (χ4v) is 1.66. The van der Waals surface area contributed by atoms with Gasteiger partial charge in [-0.1, -0.05) is 13.8 Å². The monoisotopic (exact) mass is 269 g/mol. The summed E-state index contributed by atoms with van der Waals surface area (Å²) < 4.78 is 10.7. The van der Waals surface area contributed by atoms with Crippen molar-refractivity contribution in [3.05, 3.63) is 23.2 Å². The highest BCUT2D eigenvalue weighted by molar-refractivity contribution is 6.28. The van der Waals surface area contributed by atoms with Gasteiger partial charge >= 0.3 is 0 Å². The van der Waals surface area contributed by atoms with Gasteiger partial charge in [0.05, 0.1) is 0 Å². The molecule has 0 saturated heterocycles. The average molecular weight is 270 g/mol. The summed E-state index contributed by atoms with van der Waals surface area (Å²) in [6.45, 7) is 5.17. The van der Waals surface area contributed by atoms with Gasteiger partial charge in [-0.3, -0.25) is 0 Å². The third kappa shape index (κ3) is 3.58. The molecule has 0 atom stereocenters. The van der Waals surface area contributed by atoms with Gasteiger partial charge in [0.15, 0.2) is 11.0 Å². The lowest BCUT2D eigenvalue weighted by atomic mass is 10.3. The molecule has 6 heteroatoms. The first kappa shape index (κ1) is 13.1. The molecule has 0 saturated carbocycles. The van der Waals surface area contributed by atoms with E-state index in [9.17, 15) is 0 Å². The zero-order chi connectivity index (χ0) is 13.0. The minimum absolute atomic E-state index is 0.311. The van der Waals surface area contributed by atoms with Gasteiger partial charge in [0.25, 0.3) is 5.89 Å². The molecule has 0 aromatic carbocycles. The van der Waals surface area contributed by atoms with Crippen molar-refractivity contribution < 1.29 is 8.83 Å². The van der Waals surface area contributed by atoms with Crippen molar-refractivity contribution in [3.8, 4) is 11.7 Å². The second-order valence-corrected chi connectivity index (χ2v) is 4.69. The Balaban J connectivity index is 1.86. The molecule has 0 bridgehead atoms. The van der Waals surface area contributed by atoms with Crippen LogP contribution in [-0.2, 0) is 6.42 Å². The summed E-state index contributed by atoms with van der Waals surface area (Å²) in [5, 5.41) is 11.5. The Hall–Kier alpha value is -1.33. The molecule has 2 rings (SSSR count). The molecule has 0 radical (unpaired) electrons. The number of aryl methyl sites for hydroxylation is 1. The van der Waals surface area contributed by atoms with Crippen LogP contribution in [0.2, 0.25) is 5.22 Å². The summed E-state index contributed by atoms with van der Waals surface area (Å²) in [5.41, 5.74) is 0. The van der Waals surface area contributed by atoms with Crippen molar-refractivity contribution in [3.63, 3.8) is 0 Å². The SMILES string of the molecule is CC(C)NCCCc1nnc(-c2ccc(Cl)o2)o1. The fraction of sp³-hybridized carbons (Fsp3) is 0.500. The molecule has 5 nitrogen and oxygen atoms in total. The van der Waals surface area contributed by atoms with E-state index in [1.54, 1.807) is 12.1 Å². The van der Waals surface area contributed by atoms with Crippen molar-refractivity contribution in [1.82, 2.24) is 15.5 Å². The highest BCUT2D eigenvalue weighted by Crippen LogP contribution is 2.23. The van der Waals surface area contributed by atoms with E-state index in [1.807, 2.05) is 0 Å². The Morgan fingerprint density at radius 1 is 1.28 bits per heavy atom. The maximum absolute atomic E-state index is 5.68. The fourth-order valence-electron chi connectivity index (χ4n) is 1.51. The van der Waals surface area contributed by atoms with Gasteiger partial charge < -0.3 is 14.2 Å². The average Bonchev–Trinajstić information content (AvgIpc) is 2.93. The van der Waals surface area contributed by atoms with E-state index in [1.165, 1.54) is 0 Å². The van der Waals surface area contributed by atoms with Crippen LogP contribution in [0.5, 0.6) is 0 Å². The van der Waals surface area contributed by atoms with Crippen molar-refractivity contribution >= 4 is 11.6 Å². The van der Waals surface area contributed by atoms with E-state index in [0.717, 1.165) is 19.4 Å². The topological polar surface area (TPSA) is 64.1 Å². The highest BCUT2D eigenvalue weighted by atomic mass is 35.5. The maximum Gasteiger partial charge on any atom is 0.283 e. The summed E-state index contributed by atoms with van der Waals surface area (Å²) >= 11 is 5.68. The Kier molecular flexibility index (Phi) is 4.38. The third-order valence-electron chi connectivity index (χ3n) is 2.37. The lowest BCUT2D eigenvalue weighted by molar-refractivity contribution is 0.467. The lowest BCUT2D eigenvalue weighted by Gasteiger charge is -2.05. The molecule has 0 aliphatic heterocycles. The van der Waals surface area contributed by atoms with Gasteiger partial charge in [0.1, 0.15) is 0 Å². The van der Waals surface area contributed by atoms with E-state index in [0.29, 0.717) is 28.8 Å². The van der Waals surface area contributed by atoms with Crippen molar-refractivity contribution in [1.29, 1.82) is 0 Å². The standard InChI is InChI=1S/C12H16ClN3O2/c1-8(2)14-7-3-4-11-15-16-12(18-11)9-5-6-10(13)17-9/h5-6,8,14H,3-4,7H2,1-2H3. The number of aromatic nitrogens is 2. The van der Waals surface area contributed by atoms with Gasteiger partial charge in [-0.15, -0.1) is 10.2 Å². The van der Waals surface area contributed by atoms with E-state index < -0.39 is 0 Å². The molecule has 98 valence electrons. The van der Waals surface area contributed by atoms with Crippen LogP contribution in [0.1, 0.15) is 26.2 Å². The molecule has 2 aromatic rings. The molecule has 0 spiro atoms. The number of furan rings is 1. The van der Waals surface area contributed by atoms with Crippen LogP contribution in [0.3, 0.4) is 0 Å². The molecule has 0 aliphatic rings. The minimum Gasteiger partial charge on any atom is -0.440 e. The molecule has 1 N–H and O–H groups in total. The van der Waals surface area contributed by atoms with E-state index in [2.05, 4.69) is 29.4 Å². The molecular weight excluding hydrogens is 254 g/mol. The lowest BCUT2D eigenvalue weighted by Crippen LogP contribution is -2.23. The number of hydrogen-bond acceptors (Lipinski definition) is 5. The third-order valence-corrected chi connectivity index (χ3v) is 2.57. The van der Waals surface area contributed by atoms with Gasteiger partial charge in [-0.25, -0.2) is 0 Å². The van der Waals surface area contributed by atoms with Crippen LogP contribution in [-0.4, -0.2) is 22.8 Å². The van der Waals surface area contributed by atoms with E-state index in [4.69, 9.17) is 20.4 Å². The molecular formula is C12H16ClN3O2. The molecule has 0 fully saturated rings.